The number of benzene rings is 2. The van der Waals surface area contributed by atoms with Crippen LogP contribution in [0.25, 0.3) is 11.1 Å². The fourth-order valence-electron chi connectivity index (χ4n) is 2.00. The van der Waals surface area contributed by atoms with E-state index in [-0.39, 0.29) is 5.75 Å². The summed E-state index contributed by atoms with van der Waals surface area (Å²) >= 11 is 0. The summed E-state index contributed by atoms with van der Waals surface area (Å²) in [4.78, 5) is 0. The quantitative estimate of drug-likeness (QED) is 0.781. The van der Waals surface area contributed by atoms with Crippen LogP contribution in [0.2, 0.25) is 0 Å². The fraction of sp³-hybridized carbons (Fsp3) is 0.200. The van der Waals surface area contributed by atoms with E-state index >= 15 is 0 Å². The number of aromatic hydroxyl groups is 2. The predicted molar refractivity (Wildman–Crippen MR) is 69.4 cm³/mol. The van der Waals surface area contributed by atoms with E-state index in [4.69, 9.17) is 0 Å². The van der Waals surface area contributed by atoms with Crippen molar-refractivity contribution in [2.75, 3.05) is 0 Å². The van der Waals surface area contributed by atoms with Gasteiger partial charge in [0.25, 0.3) is 0 Å². The largest absolute Gasteiger partial charge is 0.508 e. The summed E-state index contributed by atoms with van der Waals surface area (Å²) in [6.45, 7) is 5.77. The molecule has 0 aliphatic carbocycles. The molecule has 2 heteroatoms. The molecular formula is C15H16O2. The van der Waals surface area contributed by atoms with Crippen molar-refractivity contribution in [1.82, 2.24) is 0 Å². The summed E-state index contributed by atoms with van der Waals surface area (Å²) in [5, 5.41) is 19.5. The summed E-state index contributed by atoms with van der Waals surface area (Å²) in [7, 11) is 0. The van der Waals surface area contributed by atoms with E-state index in [0.29, 0.717) is 5.75 Å². The lowest BCUT2D eigenvalue weighted by Crippen LogP contribution is -1.90. The maximum absolute atomic E-state index is 10.0. The summed E-state index contributed by atoms with van der Waals surface area (Å²) < 4.78 is 0. The third kappa shape index (κ3) is 1.98. The molecule has 0 amide bonds. The third-order valence-electron chi connectivity index (χ3n) is 3.22. The lowest BCUT2D eigenvalue weighted by Gasteiger charge is -2.13. The Balaban J connectivity index is 2.68. The Bertz CT molecular complexity index is 571. The van der Waals surface area contributed by atoms with Crippen molar-refractivity contribution in [3.05, 3.63) is 47.0 Å². The lowest BCUT2D eigenvalue weighted by atomic mass is 9.94. The van der Waals surface area contributed by atoms with Crippen LogP contribution < -0.4 is 0 Å². The van der Waals surface area contributed by atoms with E-state index < -0.39 is 0 Å². The molecule has 0 aromatic heterocycles. The summed E-state index contributed by atoms with van der Waals surface area (Å²) in [5.41, 5.74) is 4.68. The lowest BCUT2D eigenvalue weighted by molar-refractivity contribution is 0.466. The van der Waals surface area contributed by atoms with E-state index in [1.54, 1.807) is 18.2 Å². The molecule has 0 fully saturated rings. The number of aryl methyl sites for hydroxylation is 1. The van der Waals surface area contributed by atoms with Crippen LogP contribution in [0.4, 0.5) is 0 Å². The van der Waals surface area contributed by atoms with Crippen molar-refractivity contribution < 1.29 is 10.2 Å². The van der Waals surface area contributed by atoms with Crippen LogP contribution in [0.1, 0.15) is 16.7 Å². The molecule has 2 nitrogen and oxygen atoms in total. The first-order chi connectivity index (χ1) is 8.00. The molecule has 0 radical (unpaired) electrons. The maximum Gasteiger partial charge on any atom is 0.122 e. The molecule has 0 aliphatic rings. The van der Waals surface area contributed by atoms with Crippen molar-refractivity contribution in [2.24, 2.45) is 0 Å². The van der Waals surface area contributed by atoms with Gasteiger partial charge in [-0.05, 0) is 60.7 Å². The number of phenols is 2. The molecule has 2 rings (SSSR count). The summed E-state index contributed by atoms with van der Waals surface area (Å²) in [6.07, 6.45) is 0. The Morgan fingerprint density at radius 2 is 1.59 bits per heavy atom. The minimum atomic E-state index is 0.236. The molecule has 2 aromatic rings. The predicted octanol–water partition coefficient (Wildman–Crippen LogP) is 3.69. The molecule has 17 heavy (non-hydrogen) atoms. The highest BCUT2D eigenvalue weighted by Crippen LogP contribution is 2.35. The monoisotopic (exact) mass is 228 g/mol. The van der Waals surface area contributed by atoms with Crippen LogP contribution in [0.5, 0.6) is 11.5 Å². The van der Waals surface area contributed by atoms with E-state index in [9.17, 15) is 10.2 Å². The zero-order chi connectivity index (χ0) is 12.6. The van der Waals surface area contributed by atoms with Crippen LogP contribution in [0.15, 0.2) is 30.3 Å². The minimum absolute atomic E-state index is 0.236. The highest BCUT2D eigenvalue weighted by atomic mass is 16.3. The summed E-state index contributed by atoms with van der Waals surface area (Å²) in [5.74, 6) is 0.572. The van der Waals surface area contributed by atoms with Gasteiger partial charge in [-0.3, -0.25) is 0 Å². The Morgan fingerprint density at radius 1 is 0.882 bits per heavy atom. The van der Waals surface area contributed by atoms with Gasteiger partial charge < -0.3 is 10.2 Å². The fourth-order valence-corrected chi connectivity index (χ4v) is 2.00. The van der Waals surface area contributed by atoms with Gasteiger partial charge in [-0.15, -0.1) is 0 Å². The zero-order valence-electron chi connectivity index (χ0n) is 10.3. The molecule has 0 saturated heterocycles. The Labute approximate surface area is 101 Å². The van der Waals surface area contributed by atoms with Crippen LogP contribution in [-0.4, -0.2) is 10.2 Å². The van der Waals surface area contributed by atoms with Gasteiger partial charge in [-0.2, -0.15) is 0 Å². The highest BCUT2D eigenvalue weighted by molar-refractivity contribution is 5.72. The van der Waals surface area contributed by atoms with Gasteiger partial charge in [-0.1, -0.05) is 18.2 Å². The molecule has 2 N–H and O–H groups in total. The van der Waals surface area contributed by atoms with Gasteiger partial charge >= 0.3 is 0 Å². The molecule has 0 spiro atoms. The first-order valence-corrected chi connectivity index (χ1v) is 5.60. The van der Waals surface area contributed by atoms with Gasteiger partial charge in [-0.25, -0.2) is 0 Å². The van der Waals surface area contributed by atoms with E-state index in [2.05, 4.69) is 0 Å². The zero-order valence-corrected chi connectivity index (χ0v) is 10.3. The maximum atomic E-state index is 10.0. The molecule has 0 unspecified atom stereocenters. The van der Waals surface area contributed by atoms with E-state index in [1.165, 1.54) is 0 Å². The molecule has 88 valence electrons. The van der Waals surface area contributed by atoms with Crippen LogP contribution in [0.3, 0.4) is 0 Å². The van der Waals surface area contributed by atoms with Gasteiger partial charge in [0, 0.05) is 0 Å². The average molecular weight is 228 g/mol. The standard InChI is InChI=1S/C15H16O2/c1-9-7-14(11(3)15(17)10(9)2)12-5-4-6-13(16)8-12/h4-8,16-17H,1-3H3. The molecule has 0 aliphatic heterocycles. The highest BCUT2D eigenvalue weighted by Gasteiger charge is 2.11. The van der Waals surface area contributed by atoms with Crippen LogP contribution >= 0.6 is 0 Å². The normalized spacial score (nSPS) is 10.5. The first-order valence-electron chi connectivity index (χ1n) is 5.60. The van der Waals surface area contributed by atoms with E-state index in [1.807, 2.05) is 32.9 Å². The van der Waals surface area contributed by atoms with Crippen molar-refractivity contribution >= 4 is 0 Å². The summed E-state index contributed by atoms with van der Waals surface area (Å²) in [6, 6.07) is 9.11. The smallest absolute Gasteiger partial charge is 0.122 e. The van der Waals surface area contributed by atoms with Crippen LogP contribution in [0, 0.1) is 20.8 Å². The molecule has 0 saturated carbocycles. The second-order valence-electron chi connectivity index (χ2n) is 4.39. The van der Waals surface area contributed by atoms with Gasteiger partial charge in [0.2, 0.25) is 0 Å². The van der Waals surface area contributed by atoms with Gasteiger partial charge in [0.05, 0.1) is 0 Å². The number of hydrogen-bond acceptors (Lipinski definition) is 2. The van der Waals surface area contributed by atoms with Crippen molar-refractivity contribution in [3.63, 3.8) is 0 Å². The average Bonchev–Trinajstić information content (AvgIpc) is 2.31. The topological polar surface area (TPSA) is 40.5 Å². The van der Waals surface area contributed by atoms with Crippen molar-refractivity contribution in [2.45, 2.75) is 20.8 Å². The van der Waals surface area contributed by atoms with Crippen molar-refractivity contribution in [3.8, 4) is 22.6 Å². The molecule has 2 aromatic carbocycles. The molecule has 0 atom stereocenters. The number of phenolic OH excluding ortho intramolecular Hbond substituents is 2. The number of rotatable bonds is 1. The third-order valence-corrected chi connectivity index (χ3v) is 3.22. The second-order valence-corrected chi connectivity index (χ2v) is 4.39. The second kappa shape index (κ2) is 4.13. The van der Waals surface area contributed by atoms with Crippen LogP contribution in [-0.2, 0) is 0 Å². The molecular weight excluding hydrogens is 212 g/mol. The number of hydrogen-bond donors (Lipinski definition) is 2. The van der Waals surface area contributed by atoms with E-state index in [0.717, 1.165) is 27.8 Å². The Kier molecular flexibility index (Phi) is 2.80. The first kappa shape index (κ1) is 11.5. The molecule has 0 bridgehead atoms. The Hall–Kier alpha value is -1.96. The minimum Gasteiger partial charge on any atom is -0.508 e. The van der Waals surface area contributed by atoms with Crippen molar-refractivity contribution in [1.29, 1.82) is 0 Å². The Morgan fingerprint density at radius 3 is 2.24 bits per heavy atom. The van der Waals surface area contributed by atoms with Gasteiger partial charge in [0.1, 0.15) is 11.5 Å². The molecule has 0 heterocycles. The van der Waals surface area contributed by atoms with Gasteiger partial charge in [0.15, 0.2) is 0 Å². The SMILES string of the molecule is Cc1cc(-c2cccc(O)c2)c(C)c(O)c1C.